The maximum absolute atomic E-state index is 15.0. The van der Waals surface area contributed by atoms with Gasteiger partial charge in [0.2, 0.25) is 0 Å². The van der Waals surface area contributed by atoms with Crippen LogP contribution in [0.2, 0.25) is 0 Å². The molecule has 0 N–H and O–H groups in total. The minimum Gasteiger partial charge on any atom is -0.308 e. The molecule has 8 aromatic carbocycles. The number of benzene rings is 8. The van der Waals surface area contributed by atoms with E-state index < -0.39 is 11.7 Å². The minimum atomic E-state index is -4.62. The van der Waals surface area contributed by atoms with Crippen molar-refractivity contribution in [1.29, 1.82) is 5.26 Å². The lowest BCUT2D eigenvalue weighted by Crippen LogP contribution is -2.10. The fourth-order valence-corrected chi connectivity index (χ4v) is 8.98. The van der Waals surface area contributed by atoms with Crippen molar-refractivity contribution in [2.24, 2.45) is 0 Å². The Hall–Kier alpha value is -7.36. The van der Waals surface area contributed by atoms with E-state index in [9.17, 15) is 5.26 Å². The molecule has 6 heteroatoms. The van der Waals surface area contributed by atoms with E-state index in [-0.39, 0.29) is 5.56 Å². The second kappa shape index (κ2) is 13.6. The zero-order valence-corrected chi connectivity index (χ0v) is 32.6. The van der Waals surface area contributed by atoms with Crippen molar-refractivity contribution in [3.05, 3.63) is 192 Å². The van der Waals surface area contributed by atoms with Crippen molar-refractivity contribution in [3.8, 4) is 50.8 Å². The van der Waals surface area contributed by atoms with Crippen LogP contribution < -0.4 is 0 Å². The summed E-state index contributed by atoms with van der Waals surface area (Å²) in [5, 5.41) is 15.3. The third-order valence-electron chi connectivity index (χ3n) is 11.6. The Morgan fingerprint density at radius 1 is 0.441 bits per heavy atom. The van der Waals surface area contributed by atoms with Crippen molar-refractivity contribution in [3.63, 3.8) is 0 Å². The van der Waals surface area contributed by atoms with Crippen LogP contribution in [0.1, 0.15) is 27.8 Å². The van der Waals surface area contributed by atoms with E-state index in [1.807, 2.05) is 48.5 Å². The first-order valence-electron chi connectivity index (χ1n) is 19.6. The zero-order chi connectivity index (χ0) is 40.6. The van der Waals surface area contributed by atoms with Gasteiger partial charge in [-0.2, -0.15) is 18.4 Å². The number of nitrogens with zero attached hydrogens (tertiary/aromatic N) is 3. The van der Waals surface area contributed by atoms with E-state index in [0.29, 0.717) is 28.1 Å². The number of hydrogen-bond donors (Lipinski definition) is 0. The van der Waals surface area contributed by atoms with E-state index >= 15 is 13.2 Å². The van der Waals surface area contributed by atoms with Crippen molar-refractivity contribution < 1.29 is 13.2 Å². The summed E-state index contributed by atoms with van der Waals surface area (Å²) in [6.45, 7) is 5.83. The highest BCUT2D eigenvalue weighted by Gasteiger charge is 2.35. The average molecular weight is 772 g/mol. The Labute approximate surface area is 339 Å². The molecule has 59 heavy (non-hydrogen) atoms. The summed E-state index contributed by atoms with van der Waals surface area (Å²) in [4.78, 5) is 0. The molecule has 0 amide bonds. The van der Waals surface area contributed by atoms with E-state index in [0.717, 1.165) is 83.1 Å². The molecule has 0 saturated heterocycles. The number of para-hydroxylation sites is 2. The second-order valence-electron chi connectivity index (χ2n) is 15.4. The smallest absolute Gasteiger partial charge is 0.308 e. The number of aromatic nitrogens is 2. The molecule has 0 unspecified atom stereocenters. The molecule has 2 aromatic heterocycles. The predicted octanol–water partition coefficient (Wildman–Crippen LogP) is 14.7. The van der Waals surface area contributed by atoms with Crippen LogP contribution in [-0.2, 0) is 6.18 Å². The van der Waals surface area contributed by atoms with Crippen LogP contribution in [0.5, 0.6) is 0 Å². The number of halogens is 3. The van der Waals surface area contributed by atoms with E-state index in [1.165, 1.54) is 6.07 Å². The van der Waals surface area contributed by atoms with Gasteiger partial charge in [0, 0.05) is 21.5 Å². The van der Waals surface area contributed by atoms with Gasteiger partial charge in [0.15, 0.2) is 0 Å². The van der Waals surface area contributed by atoms with Crippen LogP contribution in [0.4, 0.5) is 13.2 Å². The van der Waals surface area contributed by atoms with Crippen molar-refractivity contribution in [2.75, 3.05) is 0 Å². The van der Waals surface area contributed by atoms with Crippen molar-refractivity contribution in [2.45, 2.75) is 26.9 Å². The number of fused-ring (bicyclic) bond motifs is 6. The highest BCUT2D eigenvalue weighted by atomic mass is 19.4. The van der Waals surface area contributed by atoms with Gasteiger partial charge in [-0.05, 0) is 102 Å². The molecule has 0 spiro atoms. The lowest BCUT2D eigenvalue weighted by atomic mass is 9.92. The van der Waals surface area contributed by atoms with Gasteiger partial charge in [0.05, 0.1) is 39.0 Å². The number of alkyl halides is 3. The summed E-state index contributed by atoms with van der Waals surface area (Å²) in [5.74, 6) is 0. The summed E-state index contributed by atoms with van der Waals surface area (Å²) in [5.41, 5.74) is 11.2. The Balaban J connectivity index is 1.37. The number of hydrogen-bond acceptors (Lipinski definition) is 1. The molecule has 2 heterocycles. The third-order valence-corrected chi connectivity index (χ3v) is 11.6. The number of rotatable bonds is 5. The molecule has 0 aliphatic heterocycles. The van der Waals surface area contributed by atoms with Crippen LogP contribution in [0.25, 0.3) is 88.4 Å². The lowest BCUT2D eigenvalue weighted by Gasteiger charge is -2.21. The molecule has 284 valence electrons. The molecule has 10 aromatic rings. The Bertz CT molecular complexity index is 3190. The molecular weight excluding hydrogens is 736 g/mol. The molecule has 0 radical (unpaired) electrons. The largest absolute Gasteiger partial charge is 0.417 e. The topological polar surface area (TPSA) is 33.6 Å². The minimum absolute atomic E-state index is 0.0782. The highest BCUT2D eigenvalue weighted by molar-refractivity contribution is 6.12. The first-order chi connectivity index (χ1) is 28.6. The summed E-state index contributed by atoms with van der Waals surface area (Å²) < 4.78 is 49.3. The molecule has 0 bridgehead atoms. The monoisotopic (exact) mass is 771 g/mol. The summed E-state index contributed by atoms with van der Waals surface area (Å²) in [6.07, 6.45) is -4.62. The summed E-state index contributed by atoms with van der Waals surface area (Å²) >= 11 is 0. The number of aryl methyl sites for hydroxylation is 3. The van der Waals surface area contributed by atoms with Gasteiger partial charge in [0.1, 0.15) is 11.6 Å². The van der Waals surface area contributed by atoms with Crippen LogP contribution in [0.15, 0.2) is 164 Å². The first kappa shape index (κ1) is 36.0. The van der Waals surface area contributed by atoms with E-state index in [1.54, 1.807) is 25.1 Å². The molecule has 10 rings (SSSR count). The Morgan fingerprint density at radius 3 is 1.37 bits per heavy atom. The van der Waals surface area contributed by atoms with Crippen LogP contribution >= 0.6 is 0 Å². The normalized spacial score (nSPS) is 11.9. The second-order valence-corrected chi connectivity index (χ2v) is 15.4. The predicted molar refractivity (Wildman–Crippen MR) is 235 cm³/mol. The lowest BCUT2D eigenvalue weighted by molar-refractivity contribution is -0.137. The molecule has 0 aliphatic rings. The highest BCUT2D eigenvalue weighted by Crippen LogP contribution is 2.45. The van der Waals surface area contributed by atoms with Gasteiger partial charge in [-0.1, -0.05) is 132 Å². The molecule has 3 nitrogen and oxygen atoms in total. The standard InChI is InChI=1S/C53H36F3N3/c1-32-11-8-14-35(25-32)37-21-23-42-40-16-4-6-19-46(40)58(48(42)27-37)50-29-39(52-34(3)13-10-18-45(52)53(54,55)56)30-51(44(50)31-57)59-47-20-7-5-17-41(47)43-24-22-38(28-49(43)59)36-15-9-12-33(2)26-36/h4-30H,1-3H3. The average Bonchev–Trinajstić information content (AvgIpc) is 3.75. The van der Waals surface area contributed by atoms with Crippen molar-refractivity contribution in [1.82, 2.24) is 9.13 Å². The molecule has 0 atom stereocenters. The van der Waals surface area contributed by atoms with Gasteiger partial charge in [-0.15, -0.1) is 0 Å². The van der Waals surface area contributed by atoms with Crippen LogP contribution in [-0.4, -0.2) is 9.13 Å². The molecular formula is C53H36F3N3. The fourth-order valence-electron chi connectivity index (χ4n) is 8.98. The Morgan fingerprint density at radius 2 is 0.898 bits per heavy atom. The van der Waals surface area contributed by atoms with Gasteiger partial charge < -0.3 is 9.13 Å². The maximum Gasteiger partial charge on any atom is 0.417 e. The Kier molecular flexibility index (Phi) is 8.33. The van der Waals surface area contributed by atoms with Crippen LogP contribution in [0, 0.1) is 32.1 Å². The van der Waals surface area contributed by atoms with Gasteiger partial charge in [-0.3, -0.25) is 0 Å². The maximum atomic E-state index is 15.0. The van der Waals surface area contributed by atoms with E-state index in [4.69, 9.17) is 0 Å². The zero-order valence-electron chi connectivity index (χ0n) is 32.6. The third kappa shape index (κ3) is 5.89. The van der Waals surface area contributed by atoms with Gasteiger partial charge >= 0.3 is 6.18 Å². The van der Waals surface area contributed by atoms with Gasteiger partial charge in [-0.25, -0.2) is 0 Å². The molecule has 0 saturated carbocycles. The van der Waals surface area contributed by atoms with E-state index in [2.05, 4.69) is 114 Å². The summed E-state index contributed by atoms with van der Waals surface area (Å²) in [7, 11) is 0. The quantitative estimate of drug-likeness (QED) is 0.172. The SMILES string of the molecule is Cc1cccc(-c2ccc3c4ccccc4n(-c4cc(-c5c(C)cccc5C(F)(F)F)cc(-n5c6ccccc6c6ccc(-c7cccc(C)c7)cc65)c4C#N)c3c2)c1. The summed E-state index contributed by atoms with van der Waals surface area (Å²) in [6, 6.07) is 55.7. The fraction of sp³-hybridized carbons (Fsp3) is 0.0755. The van der Waals surface area contributed by atoms with Crippen molar-refractivity contribution >= 4 is 43.6 Å². The van der Waals surface area contributed by atoms with Crippen LogP contribution in [0.3, 0.4) is 0 Å². The molecule has 0 aliphatic carbocycles. The van der Waals surface area contributed by atoms with Gasteiger partial charge in [0.25, 0.3) is 0 Å². The number of nitriles is 1. The first-order valence-corrected chi connectivity index (χ1v) is 19.6. The molecule has 0 fully saturated rings.